The fourth-order valence-corrected chi connectivity index (χ4v) is 2.47. The first-order valence-electron chi connectivity index (χ1n) is 5.88. The van der Waals surface area contributed by atoms with Crippen LogP contribution in [-0.4, -0.2) is 0 Å². The molecule has 19 heavy (non-hydrogen) atoms. The Labute approximate surface area is 123 Å². The molecule has 0 radical (unpaired) electrons. The molecule has 0 fully saturated rings. The molecule has 2 aromatic rings. The number of hydrogen-bond donors (Lipinski definition) is 1. The summed E-state index contributed by atoms with van der Waals surface area (Å²) in [5.41, 5.74) is 9.54. The molecule has 2 aromatic carbocycles. The summed E-state index contributed by atoms with van der Waals surface area (Å²) in [6.45, 7) is 6.07. The lowest BCUT2D eigenvalue weighted by molar-refractivity contribution is 0.478. The first kappa shape index (κ1) is 14.0. The summed E-state index contributed by atoms with van der Waals surface area (Å²) in [5, 5.41) is 0.812. The van der Waals surface area contributed by atoms with E-state index >= 15 is 0 Å². The average Bonchev–Trinajstić information content (AvgIpc) is 2.29. The Morgan fingerprint density at radius 2 is 1.53 bits per heavy atom. The summed E-state index contributed by atoms with van der Waals surface area (Å²) in [4.78, 5) is 0. The molecule has 0 bridgehead atoms. The van der Waals surface area contributed by atoms with E-state index in [1.807, 2.05) is 26.8 Å². The first-order chi connectivity index (χ1) is 8.88. The predicted molar refractivity (Wildman–Crippen MR) is 81.6 cm³/mol. The van der Waals surface area contributed by atoms with Gasteiger partial charge in [-0.25, -0.2) is 0 Å². The molecule has 0 aliphatic carbocycles. The van der Waals surface area contributed by atoms with Gasteiger partial charge in [0.2, 0.25) is 0 Å². The van der Waals surface area contributed by atoms with Crippen molar-refractivity contribution in [2.75, 3.05) is 5.73 Å². The molecule has 0 aliphatic heterocycles. The van der Waals surface area contributed by atoms with Gasteiger partial charge in [0.05, 0.1) is 10.0 Å². The number of rotatable bonds is 2. The standard InChI is InChI=1S/C15H15Cl2NO/c1-8-4-9(2)10(3)14(5-8)19-15-12(16)6-11(18)7-13(15)17/h4-7H,18H2,1-3H3. The van der Waals surface area contributed by atoms with E-state index in [2.05, 4.69) is 6.07 Å². The van der Waals surface area contributed by atoms with Crippen LogP contribution in [0.3, 0.4) is 0 Å². The summed E-state index contributed by atoms with van der Waals surface area (Å²) in [7, 11) is 0. The minimum Gasteiger partial charge on any atom is -0.454 e. The second-order valence-electron chi connectivity index (χ2n) is 4.62. The summed E-state index contributed by atoms with van der Waals surface area (Å²) < 4.78 is 5.87. The third-order valence-electron chi connectivity index (χ3n) is 3.00. The molecule has 0 saturated carbocycles. The monoisotopic (exact) mass is 295 g/mol. The molecule has 4 heteroatoms. The maximum atomic E-state index is 6.13. The fraction of sp³-hybridized carbons (Fsp3) is 0.200. The van der Waals surface area contributed by atoms with E-state index in [-0.39, 0.29) is 0 Å². The summed E-state index contributed by atoms with van der Waals surface area (Å²) in [6.07, 6.45) is 0. The van der Waals surface area contributed by atoms with E-state index in [9.17, 15) is 0 Å². The second-order valence-corrected chi connectivity index (χ2v) is 5.44. The van der Waals surface area contributed by atoms with Crippen molar-refractivity contribution in [2.24, 2.45) is 0 Å². The maximum absolute atomic E-state index is 6.13. The second kappa shape index (κ2) is 5.32. The van der Waals surface area contributed by atoms with Crippen molar-refractivity contribution in [3.63, 3.8) is 0 Å². The number of halogens is 2. The van der Waals surface area contributed by atoms with Gasteiger partial charge < -0.3 is 10.5 Å². The van der Waals surface area contributed by atoms with Gasteiger partial charge in [0, 0.05) is 5.69 Å². The van der Waals surface area contributed by atoms with Crippen molar-refractivity contribution in [1.82, 2.24) is 0 Å². The van der Waals surface area contributed by atoms with Crippen LogP contribution in [0.4, 0.5) is 5.69 Å². The van der Waals surface area contributed by atoms with Crippen molar-refractivity contribution in [3.05, 3.63) is 51.0 Å². The molecular formula is C15H15Cl2NO. The fourth-order valence-electron chi connectivity index (χ4n) is 1.89. The summed E-state index contributed by atoms with van der Waals surface area (Å²) >= 11 is 12.3. The van der Waals surface area contributed by atoms with Crippen LogP contribution in [0.15, 0.2) is 24.3 Å². The van der Waals surface area contributed by atoms with Crippen LogP contribution in [0, 0.1) is 20.8 Å². The summed E-state index contributed by atoms with van der Waals surface area (Å²) in [6, 6.07) is 7.32. The zero-order valence-corrected chi connectivity index (χ0v) is 12.6. The molecule has 0 amide bonds. The topological polar surface area (TPSA) is 35.2 Å². The number of ether oxygens (including phenoxy) is 1. The van der Waals surface area contributed by atoms with Crippen molar-refractivity contribution < 1.29 is 4.74 Å². The SMILES string of the molecule is Cc1cc(C)c(C)c(Oc2c(Cl)cc(N)cc2Cl)c1. The Kier molecular flexibility index (Phi) is 3.93. The minimum absolute atomic E-state index is 0.406. The van der Waals surface area contributed by atoms with Gasteiger partial charge in [-0.05, 0) is 55.7 Å². The van der Waals surface area contributed by atoms with E-state index in [1.165, 1.54) is 0 Å². The van der Waals surface area contributed by atoms with E-state index < -0.39 is 0 Å². The Balaban J connectivity index is 2.48. The number of anilines is 1. The quantitative estimate of drug-likeness (QED) is 0.764. The Bertz CT molecular complexity index is 615. The average molecular weight is 296 g/mol. The van der Waals surface area contributed by atoms with Gasteiger partial charge in [-0.15, -0.1) is 0 Å². The lowest BCUT2D eigenvalue weighted by atomic mass is 10.1. The molecule has 2 rings (SSSR count). The molecular weight excluding hydrogens is 281 g/mol. The van der Waals surface area contributed by atoms with Crippen LogP contribution in [0.5, 0.6) is 11.5 Å². The van der Waals surface area contributed by atoms with Gasteiger partial charge in [0.1, 0.15) is 5.75 Å². The van der Waals surface area contributed by atoms with Gasteiger partial charge in [-0.2, -0.15) is 0 Å². The van der Waals surface area contributed by atoms with Crippen molar-refractivity contribution in [3.8, 4) is 11.5 Å². The van der Waals surface area contributed by atoms with E-state index in [0.29, 0.717) is 21.5 Å². The third-order valence-corrected chi connectivity index (χ3v) is 3.56. The number of nitrogen functional groups attached to an aromatic ring is 1. The highest BCUT2D eigenvalue weighted by Crippen LogP contribution is 2.39. The van der Waals surface area contributed by atoms with Crippen LogP contribution in [0.1, 0.15) is 16.7 Å². The molecule has 0 heterocycles. The molecule has 0 saturated heterocycles. The molecule has 0 unspecified atom stereocenters. The lowest BCUT2D eigenvalue weighted by Gasteiger charge is -2.14. The molecule has 0 aliphatic rings. The van der Waals surface area contributed by atoms with Crippen molar-refractivity contribution >= 4 is 28.9 Å². The molecule has 0 aromatic heterocycles. The Morgan fingerprint density at radius 1 is 0.947 bits per heavy atom. The molecule has 0 atom stereocenters. The van der Waals surface area contributed by atoms with Gasteiger partial charge in [0.25, 0.3) is 0 Å². The zero-order valence-electron chi connectivity index (χ0n) is 11.1. The number of aryl methyl sites for hydroxylation is 2. The lowest BCUT2D eigenvalue weighted by Crippen LogP contribution is -1.94. The Hall–Kier alpha value is -1.38. The molecule has 100 valence electrons. The highest BCUT2D eigenvalue weighted by molar-refractivity contribution is 6.37. The molecule has 0 spiro atoms. The number of benzene rings is 2. The Morgan fingerprint density at radius 3 is 2.11 bits per heavy atom. The smallest absolute Gasteiger partial charge is 0.164 e. The van der Waals surface area contributed by atoms with Crippen molar-refractivity contribution in [2.45, 2.75) is 20.8 Å². The molecule has 2 N–H and O–H groups in total. The van der Waals surface area contributed by atoms with E-state index in [0.717, 1.165) is 22.4 Å². The van der Waals surface area contributed by atoms with Gasteiger partial charge >= 0.3 is 0 Å². The van der Waals surface area contributed by atoms with E-state index in [4.69, 9.17) is 33.7 Å². The van der Waals surface area contributed by atoms with Crippen molar-refractivity contribution in [1.29, 1.82) is 0 Å². The first-order valence-corrected chi connectivity index (χ1v) is 6.64. The van der Waals surface area contributed by atoms with Gasteiger partial charge in [-0.3, -0.25) is 0 Å². The summed E-state index contributed by atoms with van der Waals surface area (Å²) in [5.74, 6) is 1.19. The van der Waals surface area contributed by atoms with Gasteiger partial charge in [0.15, 0.2) is 5.75 Å². The largest absolute Gasteiger partial charge is 0.454 e. The number of hydrogen-bond acceptors (Lipinski definition) is 2. The van der Waals surface area contributed by atoms with E-state index in [1.54, 1.807) is 12.1 Å². The van der Waals surface area contributed by atoms with Crippen LogP contribution < -0.4 is 10.5 Å². The van der Waals surface area contributed by atoms with Crippen LogP contribution in [-0.2, 0) is 0 Å². The zero-order chi connectivity index (χ0) is 14.2. The predicted octanol–water partition coefficient (Wildman–Crippen LogP) is 5.29. The van der Waals surface area contributed by atoms with Crippen LogP contribution in [0.2, 0.25) is 10.0 Å². The highest BCUT2D eigenvalue weighted by Gasteiger charge is 2.12. The molecule has 2 nitrogen and oxygen atoms in total. The van der Waals surface area contributed by atoms with Crippen LogP contribution >= 0.6 is 23.2 Å². The van der Waals surface area contributed by atoms with Crippen LogP contribution in [0.25, 0.3) is 0 Å². The number of nitrogens with two attached hydrogens (primary N) is 1. The minimum atomic E-state index is 0.406. The third kappa shape index (κ3) is 2.96. The maximum Gasteiger partial charge on any atom is 0.164 e. The highest BCUT2D eigenvalue weighted by atomic mass is 35.5. The normalized spacial score (nSPS) is 10.6. The van der Waals surface area contributed by atoms with Gasteiger partial charge in [-0.1, -0.05) is 29.3 Å².